The van der Waals surface area contributed by atoms with Crippen molar-refractivity contribution in [3.05, 3.63) is 40.3 Å². The van der Waals surface area contributed by atoms with E-state index >= 15 is 0 Å². The van der Waals surface area contributed by atoms with Gasteiger partial charge in [-0.25, -0.2) is 4.79 Å². The first kappa shape index (κ1) is 15.1. The highest BCUT2D eigenvalue weighted by Crippen LogP contribution is 2.29. The number of hydrogen-bond acceptors (Lipinski definition) is 4. The molecule has 104 valence electrons. The van der Waals surface area contributed by atoms with Gasteiger partial charge in [-0.3, -0.25) is 0 Å². The van der Waals surface area contributed by atoms with Crippen molar-refractivity contribution in [2.75, 3.05) is 7.11 Å². The lowest BCUT2D eigenvalue weighted by Crippen LogP contribution is -2.20. The van der Waals surface area contributed by atoms with E-state index in [-0.39, 0.29) is 12.8 Å². The number of carbonyl (C=O) groups excluding carboxylic acids is 1. The number of carbonyl (C=O) groups is 1. The van der Waals surface area contributed by atoms with Crippen molar-refractivity contribution in [1.29, 1.82) is 0 Å². The standard InChI is InChI=1S/C12H12F3NO3/c1-19-11(17)10(16-18)6-5-8-3-2-4-9(7-8)12(13,14)15/h2-4,7,10H,5-6H2,1H3. The molecule has 19 heavy (non-hydrogen) atoms. The Balaban J connectivity index is 2.73. The summed E-state index contributed by atoms with van der Waals surface area (Å²) in [5.74, 6) is -0.790. The Morgan fingerprint density at radius 2 is 2.11 bits per heavy atom. The third kappa shape index (κ3) is 4.35. The average Bonchev–Trinajstić information content (AvgIpc) is 2.38. The van der Waals surface area contributed by atoms with E-state index in [4.69, 9.17) is 0 Å². The lowest BCUT2D eigenvalue weighted by atomic mass is 10.0. The van der Waals surface area contributed by atoms with Crippen LogP contribution in [0.15, 0.2) is 29.4 Å². The van der Waals surface area contributed by atoms with Gasteiger partial charge in [0.1, 0.15) is 0 Å². The molecule has 0 heterocycles. The Hall–Kier alpha value is -1.92. The van der Waals surface area contributed by atoms with Crippen LogP contribution in [-0.2, 0) is 22.1 Å². The molecule has 0 aliphatic heterocycles. The third-order valence-electron chi connectivity index (χ3n) is 2.56. The molecule has 0 fully saturated rings. The summed E-state index contributed by atoms with van der Waals surface area (Å²) in [6.07, 6.45) is -4.27. The van der Waals surface area contributed by atoms with Crippen LogP contribution in [0.5, 0.6) is 0 Å². The van der Waals surface area contributed by atoms with E-state index in [9.17, 15) is 22.9 Å². The van der Waals surface area contributed by atoms with Crippen molar-refractivity contribution in [2.45, 2.75) is 25.1 Å². The van der Waals surface area contributed by atoms with Crippen molar-refractivity contribution in [3.8, 4) is 0 Å². The molecule has 7 heteroatoms. The van der Waals surface area contributed by atoms with Crippen molar-refractivity contribution >= 4 is 5.97 Å². The van der Waals surface area contributed by atoms with Gasteiger partial charge in [-0.05, 0) is 24.5 Å². The van der Waals surface area contributed by atoms with Crippen molar-refractivity contribution in [2.24, 2.45) is 5.18 Å². The molecule has 0 bridgehead atoms. The molecule has 0 N–H and O–H groups in total. The predicted molar refractivity (Wildman–Crippen MR) is 61.4 cm³/mol. The molecule has 0 saturated heterocycles. The summed E-state index contributed by atoms with van der Waals surface area (Å²) >= 11 is 0. The van der Waals surface area contributed by atoms with E-state index in [1.54, 1.807) is 0 Å². The summed E-state index contributed by atoms with van der Waals surface area (Å²) in [6, 6.07) is 3.52. The number of nitrogens with zero attached hydrogens (tertiary/aromatic N) is 1. The van der Waals surface area contributed by atoms with Crippen LogP contribution in [0.3, 0.4) is 0 Å². The molecule has 0 aromatic heterocycles. The summed E-state index contributed by atoms with van der Waals surface area (Å²) in [5, 5.41) is 2.60. The summed E-state index contributed by atoms with van der Waals surface area (Å²) in [5.41, 5.74) is -0.383. The molecule has 1 atom stereocenters. The zero-order chi connectivity index (χ0) is 14.5. The zero-order valence-electron chi connectivity index (χ0n) is 10.1. The van der Waals surface area contributed by atoms with Gasteiger partial charge in [-0.15, -0.1) is 4.91 Å². The van der Waals surface area contributed by atoms with Crippen molar-refractivity contribution < 1.29 is 22.7 Å². The van der Waals surface area contributed by atoms with Crippen LogP contribution >= 0.6 is 0 Å². The van der Waals surface area contributed by atoms with E-state index in [1.165, 1.54) is 12.1 Å². The predicted octanol–water partition coefficient (Wildman–Crippen LogP) is 2.95. The van der Waals surface area contributed by atoms with E-state index in [2.05, 4.69) is 9.91 Å². The number of rotatable bonds is 5. The average molecular weight is 275 g/mol. The minimum Gasteiger partial charge on any atom is -0.467 e. The number of esters is 1. The highest BCUT2D eigenvalue weighted by atomic mass is 19.4. The Labute approximate surface area is 107 Å². The van der Waals surface area contributed by atoms with Crippen LogP contribution in [-0.4, -0.2) is 19.1 Å². The SMILES string of the molecule is COC(=O)C(CCc1cccc(C(F)(F)F)c1)N=O. The highest BCUT2D eigenvalue weighted by molar-refractivity contribution is 5.75. The van der Waals surface area contributed by atoms with Crippen LogP contribution in [0.25, 0.3) is 0 Å². The van der Waals surface area contributed by atoms with Crippen LogP contribution in [0.4, 0.5) is 13.2 Å². The fourth-order valence-electron chi connectivity index (χ4n) is 1.56. The molecule has 1 aromatic carbocycles. The molecule has 0 amide bonds. The number of nitroso groups, excluding NO2 is 1. The number of halogens is 3. The largest absolute Gasteiger partial charge is 0.467 e. The van der Waals surface area contributed by atoms with Gasteiger partial charge in [-0.2, -0.15) is 13.2 Å². The smallest absolute Gasteiger partial charge is 0.416 e. The number of hydrogen-bond donors (Lipinski definition) is 0. The summed E-state index contributed by atoms with van der Waals surface area (Å²) in [4.78, 5) is 21.5. The number of benzene rings is 1. The van der Waals surface area contributed by atoms with E-state index in [1.807, 2.05) is 0 Å². The number of methoxy groups -OCH3 is 1. The lowest BCUT2D eigenvalue weighted by molar-refractivity contribution is -0.142. The second-order valence-electron chi connectivity index (χ2n) is 3.88. The van der Waals surface area contributed by atoms with Gasteiger partial charge in [0.25, 0.3) is 0 Å². The van der Waals surface area contributed by atoms with Gasteiger partial charge in [0, 0.05) is 0 Å². The first-order valence-corrected chi connectivity index (χ1v) is 5.45. The fraction of sp³-hybridized carbons (Fsp3) is 0.417. The van der Waals surface area contributed by atoms with E-state index in [0.29, 0.717) is 5.56 Å². The van der Waals surface area contributed by atoms with Crippen molar-refractivity contribution in [3.63, 3.8) is 0 Å². The molecule has 0 radical (unpaired) electrons. The Bertz CT molecular complexity index is 460. The zero-order valence-corrected chi connectivity index (χ0v) is 10.1. The summed E-state index contributed by atoms with van der Waals surface area (Å²) in [6.45, 7) is 0. The fourth-order valence-corrected chi connectivity index (χ4v) is 1.56. The molecular formula is C12H12F3NO3. The maximum Gasteiger partial charge on any atom is 0.416 e. The number of ether oxygens (including phenoxy) is 1. The first-order valence-electron chi connectivity index (χ1n) is 5.45. The van der Waals surface area contributed by atoms with Gasteiger partial charge < -0.3 is 4.74 Å². The number of alkyl halides is 3. The van der Waals surface area contributed by atoms with Crippen LogP contribution in [0.1, 0.15) is 17.5 Å². The molecule has 0 saturated carbocycles. The maximum absolute atomic E-state index is 12.5. The minimum atomic E-state index is -4.42. The quantitative estimate of drug-likeness (QED) is 0.613. The minimum absolute atomic E-state index is 0.0114. The van der Waals surface area contributed by atoms with Gasteiger partial charge in [0.05, 0.1) is 12.7 Å². The molecule has 0 aliphatic rings. The molecule has 1 aromatic rings. The molecule has 4 nitrogen and oxygen atoms in total. The van der Waals surface area contributed by atoms with Crippen LogP contribution < -0.4 is 0 Å². The Kier molecular flexibility index (Phi) is 5.02. The molecule has 0 aliphatic carbocycles. The van der Waals surface area contributed by atoms with E-state index in [0.717, 1.165) is 19.2 Å². The second kappa shape index (κ2) is 6.31. The third-order valence-corrected chi connectivity index (χ3v) is 2.56. The Morgan fingerprint density at radius 3 is 2.63 bits per heavy atom. The van der Waals surface area contributed by atoms with E-state index < -0.39 is 23.8 Å². The topological polar surface area (TPSA) is 55.7 Å². The van der Waals surface area contributed by atoms with Gasteiger partial charge in [0.2, 0.25) is 0 Å². The molecule has 1 rings (SSSR count). The highest BCUT2D eigenvalue weighted by Gasteiger charge is 2.30. The Morgan fingerprint density at radius 1 is 1.42 bits per heavy atom. The summed E-state index contributed by atoms with van der Waals surface area (Å²) < 4.78 is 41.8. The lowest BCUT2D eigenvalue weighted by Gasteiger charge is -2.10. The van der Waals surface area contributed by atoms with Crippen LogP contribution in [0.2, 0.25) is 0 Å². The maximum atomic E-state index is 12.5. The summed E-state index contributed by atoms with van der Waals surface area (Å²) in [7, 11) is 1.12. The molecular weight excluding hydrogens is 263 g/mol. The van der Waals surface area contributed by atoms with Gasteiger partial charge in [-0.1, -0.05) is 23.4 Å². The van der Waals surface area contributed by atoms with Gasteiger partial charge >= 0.3 is 12.1 Å². The second-order valence-corrected chi connectivity index (χ2v) is 3.88. The monoisotopic (exact) mass is 275 g/mol. The molecule has 1 unspecified atom stereocenters. The van der Waals surface area contributed by atoms with Gasteiger partial charge in [0.15, 0.2) is 6.04 Å². The number of aryl methyl sites for hydroxylation is 1. The normalized spacial score (nSPS) is 12.8. The molecule has 0 spiro atoms. The first-order chi connectivity index (χ1) is 8.88. The van der Waals surface area contributed by atoms with Crippen LogP contribution in [0, 0.1) is 4.91 Å². The van der Waals surface area contributed by atoms with Crippen molar-refractivity contribution in [1.82, 2.24) is 0 Å².